The van der Waals surface area contributed by atoms with Gasteiger partial charge in [0.05, 0.1) is 4.83 Å². The van der Waals surface area contributed by atoms with Crippen LogP contribution in [0.25, 0.3) is 0 Å². The number of halogens is 2. The number of hydrogen-bond donors (Lipinski definition) is 1. The molecular formula is C6H11Br2NO. The fourth-order valence-electron chi connectivity index (χ4n) is 0.382. The lowest BCUT2D eigenvalue weighted by Crippen LogP contribution is -2.32. The van der Waals surface area contributed by atoms with Crippen LogP contribution in [-0.4, -0.2) is 22.1 Å². The third-order valence-electron chi connectivity index (χ3n) is 0.919. The van der Waals surface area contributed by atoms with Crippen LogP contribution in [0.5, 0.6) is 0 Å². The minimum Gasteiger partial charge on any atom is -0.354 e. The molecule has 0 rings (SSSR count). The number of amides is 1. The summed E-state index contributed by atoms with van der Waals surface area (Å²) in [4.78, 5) is 11.1. The molecule has 2 unspecified atom stereocenters. The van der Waals surface area contributed by atoms with Gasteiger partial charge in [-0.3, -0.25) is 4.79 Å². The summed E-state index contributed by atoms with van der Waals surface area (Å²) < 4.78 is 0. The minimum absolute atomic E-state index is 0.0336. The van der Waals surface area contributed by atoms with Gasteiger partial charge in [0.1, 0.15) is 0 Å². The van der Waals surface area contributed by atoms with E-state index in [-0.39, 0.29) is 10.7 Å². The average molecular weight is 273 g/mol. The largest absolute Gasteiger partial charge is 0.354 e. The van der Waals surface area contributed by atoms with Crippen molar-refractivity contribution < 1.29 is 4.79 Å². The maximum atomic E-state index is 10.9. The third-order valence-corrected chi connectivity index (χ3v) is 1.66. The molecule has 10 heavy (non-hydrogen) atoms. The highest BCUT2D eigenvalue weighted by Gasteiger charge is 2.07. The summed E-state index contributed by atoms with van der Waals surface area (Å²) in [7, 11) is 0. The van der Waals surface area contributed by atoms with Gasteiger partial charge in [-0.2, -0.15) is 0 Å². The summed E-state index contributed by atoms with van der Waals surface area (Å²) >= 11 is 6.48. The SMILES string of the molecule is CC(Br)CNC(=O)C(C)Br. The third kappa shape index (κ3) is 5.23. The van der Waals surface area contributed by atoms with E-state index in [4.69, 9.17) is 0 Å². The Morgan fingerprint density at radius 1 is 1.50 bits per heavy atom. The van der Waals surface area contributed by atoms with Gasteiger partial charge in [0.25, 0.3) is 0 Å². The Morgan fingerprint density at radius 3 is 2.30 bits per heavy atom. The molecule has 0 fully saturated rings. The van der Waals surface area contributed by atoms with Crippen LogP contribution in [0, 0.1) is 0 Å². The van der Waals surface area contributed by atoms with Gasteiger partial charge in [-0.1, -0.05) is 38.8 Å². The van der Waals surface area contributed by atoms with Crippen LogP contribution >= 0.6 is 31.9 Å². The van der Waals surface area contributed by atoms with Gasteiger partial charge < -0.3 is 5.32 Å². The first-order valence-electron chi connectivity index (χ1n) is 3.10. The van der Waals surface area contributed by atoms with Crippen LogP contribution in [0.4, 0.5) is 0 Å². The fraction of sp³-hybridized carbons (Fsp3) is 0.833. The van der Waals surface area contributed by atoms with E-state index < -0.39 is 0 Å². The van der Waals surface area contributed by atoms with E-state index in [2.05, 4.69) is 37.2 Å². The molecule has 0 bridgehead atoms. The molecule has 0 aromatic rings. The minimum atomic E-state index is -0.0984. The topological polar surface area (TPSA) is 29.1 Å². The number of rotatable bonds is 3. The van der Waals surface area contributed by atoms with Crippen molar-refractivity contribution in [3.05, 3.63) is 0 Å². The summed E-state index contributed by atoms with van der Waals surface area (Å²) in [5.41, 5.74) is 0. The van der Waals surface area contributed by atoms with Crippen LogP contribution in [0.3, 0.4) is 0 Å². The van der Waals surface area contributed by atoms with Crippen LogP contribution in [0.15, 0.2) is 0 Å². The second-order valence-corrected chi connectivity index (χ2v) is 5.08. The van der Waals surface area contributed by atoms with Gasteiger partial charge in [-0.05, 0) is 6.92 Å². The van der Waals surface area contributed by atoms with Crippen molar-refractivity contribution in [2.45, 2.75) is 23.5 Å². The van der Waals surface area contributed by atoms with E-state index >= 15 is 0 Å². The Hall–Kier alpha value is 0.430. The summed E-state index contributed by atoms with van der Waals surface area (Å²) in [5, 5.41) is 2.75. The van der Waals surface area contributed by atoms with E-state index in [1.807, 2.05) is 6.92 Å². The molecule has 0 aliphatic carbocycles. The molecule has 0 aromatic heterocycles. The first-order chi connectivity index (χ1) is 4.54. The molecule has 0 saturated carbocycles. The van der Waals surface area contributed by atoms with Crippen LogP contribution in [0.1, 0.15) is 13.8 Å². The van der Waals surface area contributed by atoms with Crippen LogP contribution in [0.2, 0.25) is 0 Å². The Balaban J connectivity index is 3.40. The highest BCUT2D eigenvalue weighted by Crippen LogP contribution is 1.98. The normalized spacial score (nSPS) is 16.0. The van der Waals surface area contributed by atoms with Crippen LogP contribution in [-0.2, 0) is 4.79 Å². The monoisotopic (exact) mass is 271 g/mol. The predicted molar refractivity (Wildman–Crippen MR) is 49.8 cm³/mol. The quantitative estimate of drug-likeness (QED) is 0.778. The molecule has 1 amide bonds. The van der Waals surface area contributed by atoms with Crippen molar-refractivity contribution in [2.75, 3.05) is 6.54 Å². The summed E-state index contributed by atoms with van der Waals surface area (Å²) in [6.07, 6.45) is 0. The zero-order chi connectivity index (χ0) is 8.15. The summed E-state index contributed by atoms with van der Waals surface area (Å²) in [6.45, 7) is 4.46. The Labute approximate surface area is 78.0 Å². The van der Waals surface area contributed by atoms with Gasteiger partial charge in [-0.15, -0.1) is 0 Å². The zero-order valence-electron chi connectivity index (χ0n) is 6.03. The van der Waals surface area contributed by atoms with Crippen molar-refractivity contribution >= 4 is 37.8 Å². The molecule has 2 atom stereocenters. The second kappa shape index (κ2) is 5.13. The van der Waals surface area contributed by atoms with Gasteiger partial charge in [-0.25, -0.2) is 0 Å². The molecule has 0 spiro atoms. The molecule has 0 aliphatic rings. The number of nitrogens with one attached hydrogen (secondary N) is 1. The number of alkyl halides is 2. The average Bonchev–Trinajstić information content (AvgIpc) is 1.82. The molecule has 2 nitrogen and oxygen atoms in total. The van der Waals surface area contributed by atoms with Gasteiger partial charge in [0, 0.05) is 11.4 Å². The second-order valence-electron chi connectivity index (χ2n) is 2.14. The first-order valence-corrected chi connectivity index (χ1v) is 4.93. The standard InChI is InChI=1S/C6H11Br2NO/c1-4(7)3-9-6(10)5(2)8/h4-5H,3H2,1-2H3,(H,9,10). The smallest absolute Gasteiger partial charge is 0.233 e. The van der Waals surface area contributed by atoms with Crippen molar-refractivity contribution in [3.8, 4) is 0 Å². The number of carbonyl (C=O) groups is 1. The van der Waals surface area contributed by atoms with Gasteiger partial charge in [0.2, 0.25) is 5.91 Å². The Bertz CT molecular complexity index is 114. The van der Waals surface area contributed by atoms with Crippen molar-refractivity contribution in [1.82, 2.24) is 5.32 Å². The molecular weight excluding hydrogens is 262 g/mol. The lowest BCUT2D eigenvalue weighted by Gasteiger charge is -2.06. The highest BCUT2D eigenvalue weighted by atomic mass is 79.9. The van der Waals surface area contributed by atoms with E-state index in [1.165, 1.54) is 0 Å². The Morgan fingerprint density at radius 2 is 2.00 bits per heavy atom. The van der Waals surface area contributed by atoms with Gasteiger partial charge >= 0.3 is 0 Å². The molecule has 4 heteroatoms. The van der Waals surface area contributed by atoms with Crippen molar-refractivity contribution in [3.63, 3.8) is 0 Å². The lowest BCUT2D eigenvalue weighted by atomic mass is 10.4. The molecule has 1 N–H and O–H groups in total. The van der Waals surface area contributed by atoms with E-state index in [0.29, 0.717) is 11.4 Å². The summed E-state index contributed by atoms with van der Waals surface area (Å²) in [6, 6.07) is 0. The predicted octanol–water partition coefficient (Wildman–Crippen LogP) is 1.67. The first kappa shape index (κ1) is 10.4. The van der Waals surface area contributed by atoms with E-state index in [0.717, 1.165) is 0 Å². The maximum Gasteiger partial charge on any atom is 0.233 e. The Kier molecular flexibility index (Phi) is 5.35. The zero-order valence-corrected chi connectivity index (χ0v) is 9.20. The molecule has 0 aromatic carbocycles. The highest BCUT2D eigenvalue weighted by molar-refractivity contribution is 9.10. The lowest BCUT2D eigenvalue weighted by molar-refractivity contribution is -0.120. The van der Waals surface area contributed by atoms with E-state index in [9.17, 15) is 4.79 Å². The fourth-order valence-corrected chi connectivity index (χ4v) is 0.706. The van der Waals surface area contributed by atoms with E-state index in [1.54, 1.807) is 6.92 Å². The molecule has 0 aliphatic heterocycles. The summed E-state index contributed by atoms with van der Waals surface area (Å²) in [5.74, 6) is 0.0336. The maximum absolute atomic E-state index is 10.9. The van der Waals surface area contributed by atoms with Crippen molar-refractivity contribution in [1.29, 1.82) is 0 Å². The molecule has 60 valence electrons. The number of carbonyl (C=O) groups excluding carboxylic acids is 1. The van der Waals surface area contributed by atoms with Crippen LogP contribution < -0.4 is 5.32 Å². The molecule has 0 heterocycles. The molecule has 0 saturated heterocycles. The van der Waals surface area contributed by atoms with Crippen molar-refractivity contribution in [2.24, 2.45) is 0 Å². The van der Waals surface area contributed by atoms with Gasteiger partial charge in [0.15, 0.2) is 0 Å². The number of hydrogen-bond acceptors (Lipinski definition) is 1. The molecule has 0 radical (unpaired) electrons.